The van der Waals surface area contributed by atoms with E-state index in [2.05, 4.69) is 10.3 Å². The molecule has 0 aliphatic rings. The van der Waals surface area contributed by atoms with Crippen molar-refractivity contribution >= 4 is 5.91 Å². The molecule has 1 N–H and O–H groups in total. The Bertz CT molecular complexity index is 672. The van der Waals surface area contributed by atoms with Gasteiger partial charge in [0.25, 0.3) is 0 Å². The molecule has 1 aromatic heterocycles. The van der Waals surface area contributed by atoms with Crippen LogP contribution in [0.15, 0.2) is 30.6 Å². The average Bonchev–Trinajstić information content (AvgIpc) is 2.97. The maximum Gasteiger partial charge on any atom is 0.221 e. The van der Waals surface area contributed by atoms with Gasteiger partial charge in [-0.1, -0.05) is 13.8 Å². The molecular formula is C18H25N3O3. The monoisotopic (exact) mass is 331 g/mol. The van der Waals surface area contributed by atoms with Crippen LogP contribution in [0.25, 0.3) is 0 Å². The smallest absolute Gasteiger partial charge is 0.221 e. The van der Waals surface area contributed by atoms with Crippen molar-refractivity contribution in [3.05, 3.63) is 42.0 Å². The lowest BCUT2D eigenvalue weighted by atomic mass is 10.0. The molecule has 0 radical (unpaired) electrons. The highest BCUT2D eigenvalue weighted by Gasteiger charge is 2.22. The molecule has 6 nitrogen and oxygen atoms in total. The Morgan fingerprint density at radius 2 is 1.83 bits per heavy atom. The van der Waals surface area contributed by atoms with E-state index in [1.807, 2.05) is 43.8 Å². The standard InChI is InChI=1S/C18H25N3O3/c1-12(2)8-16(22)20-17(18-19-6-7-21(18)3)13-9-14(23-4)11-15(10-13)24-5/h6-7,9-12,17H,8H2,1-5H3,(H,20,22). The molecule has 0 saturated heterocycles. The maximum atomic E-state index is 12.3. The first-order valence-electron chi connectivity index (χ1n) is 7.94. The van der Waals surface area contributed by atoms with Crippen molar-refractivity contribution in [2.75, 3.05) is 14.2 Å². The number of methoxy groups -OCH3 is 2. The van der Waals surface area contributed by atoms with Gasteiger partial charge in [-0.25, -0.2) is 4.98 Å². The normalized spacial score (nSPS) is 12.1. The highest BCUT2D eigenvalue weighted by molar-refractivity contribution is 5.77. The summed E-state index contributed by atoms with van der Waals surface area (Å²) in [5, 5.41) is 3.08. The third kappa shape index (κ3) is 4.28. The number of carbonyl (C=O) groups is 1. The van der Waals surface area contributed by atoms with Gasteiger partial charge in [-0.3, -0.25) is 4.79 Å². The number of carbonyl (C=O) groups excluding carboxylic acids is 1. The first kappa shape index (κ1) is 17.8. The molecule has 1 heterocycles. The summed E-state index contributed by atoms with van der Waals surface area (Å²) < 4.78 is 12.6. The predicted octanol–water partition coefficient (Wildman–Crippen LogP) is 2.69. The Hall–Kier alpha value is -2.50. The zero-order chi connectivity index (χ0) is 17.7. The molecule has 24 heavy (non-hydrogen) atoms. The molecule has 1 amide bonds. The van der Waals surface area contributed by atoms with Crippen LogP contribution in [0.1, 0.15) is 37.7 Å². The third-order valence-corrected chi connectivity index (χ3v) is 3.72. The number of ether oxygens (including phenoxy) is 2. The van der Waals surface area contributed by atoms with Crippen LogP contribution in [0.3, 0.4) is 0 Å². The number of hydrogen-bond acceptors (Lipinski definition) is 4. The number of rotatable bonds is 7. The molecule has 0 fully saturated rings. The minimum Gasteiger partial charge on any atom is -0.497 e. The lowest BCUT2D eigenvalue weighted by molar-refractivity contribution is -0.122. The Kier molecular flexibility index (Phi) is 5.84. The number of aryl methyl sites for hydroxylation is 1. The summed E-state index contributed by atoms with van der Waals surface area (Å²) in [5.74, 6) is 2.36. The molecule has 1 aromatic carbocycles. The van der Waals surface area contributed by atoms with Gasteiger partial charge in [-0.2, -0.15) is 0 Å². The number of hydrogen-bond donors (Lipinski definition) is 1. The van der Waals surface area contributed by atoms with Crippen LogP contribution in [0.4, 0.5) is 0 Å². The number of imidazole rings is 1. The summed E-state index contributed by atoms with van der Waals surface area (Å²) in [5.41, 5.74) is 0.859. The third-order valence-electron chi connectivity index (χ3n) is 3.72. The fourth-order valence-electron chi connectivity index (χ4n) is 2.54. The van der Waals surface area contributed by atoms with Crippen LogP contribution in [0.5, 0.6) is 11.5 Å². The molecule has 1 atom stereocenters. The first-order valence-corrected chi connectivity index (χ1v) is 7.94. The van der Waals surface area contributed by atoms with Crippen molar-refractivity contribution in [3.8, 4) is 11.5 Å². The van der Waals surface area contributed by atoms with E-state index in [0.29, 0.717) is 17.9 Å². The molecule has 0 aliphatic heterocycles. The van der Waals surface area contributed by atoms with Gasteiger partial charge < -0.3 is 19.4 Å². The second-order valence-electron chi connectivity index (χ2n) is 6.14. The van der Waals surface area contributed by atoms with Gasteiger partial charge in [0.15, 0.2) is 0 Å². The summed E-state index contributed by atoms with van der Waals surface area (Å²) in [6, 6.07) is 5.20. The van der Waals surface area contributed by atoms with E-state index in [4.69, 9.17) is 9.47 Å². The van der Waals surface area contributed by atoms with E-state index in [1.54, 1.807) is 26.5 Å². The van der Waals surface area contributed by atoms with E-state index in [1.165, 1.54) is 0 Å². The Balaban J connectivity index is 2.42. The first-order chi connectivity index (χ1) is 11.4. The molecule has 1 unspecified atom stereocenters. The van der Waals surface area contributed by atoms with Crippen LogP contribution in [0, 0.1) is 5.92 Å². The minimum absolute atomic E-state index is 0.0141. The van der Waals surface area contributed by atoms with Gasteiger partial charge >= 0.3 is 0 Å². The van der Waals surface area contributed by atoms with Gasteiger partial charge in [0.05, 0.1) is 14.2 Å². The zero-order valence-electron chi connectivity index (χ0n) is 14.9. The fraction of sp³-hybridized carbons (Fsp3) is 0.444. The van der Waals surface area contributed by atoms with Crippen molar-refractivity contribution in [2.45, 2.75) is 26.3 Å². The summed E-state index contributed by atoms with van der Waals surface area (Å²) in [6.45, 7) is 4.04. The SMILES string of the molecule is COc1cc(OC)cc(C(NC(=O)CC(C)C)c2nccn2C)c1. The van der Waals surface area contributed by atoms with Crippen LogP contribution in [0.2, 0.25) is 0 Å². The van der Waals surface area contributed by atoms with Crippen molar-refractivity contribution in [3.63, 3.8) is 0 Å². The lowest BCUT2D eigenvalue weighted by Gasteiger charge is -2.21. The fourth-order valence-corrected chi connectivity index (χ4v) is 2.54. The predicted molar refractivity (Wildman–Crippen MR) is 92.2 cm³/mol. The van der Waals surface area contributed by atoms with Crippen molar-refractivity contribution in [1.29, 1.82) is 0 Å². The van der Waals surface area contributed by atoms with E-state index >= 15 is 0 Å². The molecule has 0 bridgehead atoms. The van der Waals surface area contributed by atoms with Gasteiger partial charge in [0.1, 0.15) is 23.4 Å². The number of aromatic nitrogens is 2. The summed E-state index contributed by atoms with van der Waals surface area (Å²) in [6.07, 6.45) is 4.03. The zero-order valence-corrected chi connectivity index (χ0v) is 14.9. The van der Waals surface area contributed by atoms with Gasteiger partial charge in [0, 0.05) is 31.9 Å². The molecule has 0 aliphatic carbocycles. The number of amides is 1. The van der Waals surface area contributed by atoms with Gasteiger partial charge in [-0.15, -0.1) is 0 Å². The number of nitrogens with zero attached hydrogens (tertiary/aromatic N) is 2. The van der Waals surface area contributed by atoms with Crippen LogP contribution in [-0.2, 0) is 11.8 Å². The largest absolute Gasteiger partial charge is 0.497 e. The Labute approximate surface area is 142 Å². The number of nitrogens with one attached hydrogen (secondary N) is 1. The molecule has 0 spiro atoms. The van der Waals surface area contributed by atoms with Crippen LogP contribution < -0.4 is 14.8 Å². The summed E-state index contributed by atoms with van der Waals surface area (Å²) in [7, 11) is 5.11. The molecule has 2 rings (SSSR count). The maximum absolute atomic E-state index is 12.3. The van der Waals surface area contributed by atoms with Crippen molar-refractivity contribution in [1.82, 2.24) is 14.9 Å². The lowest BCUT2D eigenvalue weighted by Crippen LogP contribution is -2.31. The Morgan fingerprint density at radius 1 is 1.21 bits per heavy atom. The van der Waals surface area contributed by atoms with E-state index in [9.17, 15) is 4.79 Å². The van der Waals surface area contributed by atoms with E-state index in [-0.39, 0.29) is 17.9 Å². The second kappa shape index (κ2) is 7.86. The molecular weight excluding hydrogens is 306 g/mol. The average molecular weight is 331 g/mol. The minimum atomic E-state index is -0.375. The van der Waals surface area contributed by atoms with E-state index < -0.39 is 0 Å². The molecule has 6 heteroatoms. The molecule has 2 aromatic rings. The Morgan fingerprint density at radius 3 is 2.29 bits per heavy atom. The quantitative estimate of drug-likeness (QED) is 0.847. The summed E-state index contributed by atoms with van der Waals surface area (Å²) in [4.78, 5) is 16.7. The van der Waals surface area contributed by atoms with Crippen LogP contribution >= 0.6 is 0 Å². The summed E-state index contributed by atoms with van der Waals surface area (Å²) >= 11 is 0. The number of benzene rings is 1. The van der Waals surface area contributed by atoms with Gasteiger partial charge in [0.2, 0.25) is 5.91 Å². The highest BCUT2D eigenvalue weighted by atomic mass is 16.5. The van der Waals surface area contributed by atoms with Crippen molar-refractivity contribution in [2.24, 2.45) is 13.0 Å². The molecule has 0 saturated carbocycles. The van der Waals surface area contributed by atoms with Gasteiger partial charge in [-0.05, 0) is 23.6 Å². The van der Waals surface area contributed by atoms with E-state index in [0.717, 1.165) is 11.4 Å². The second-order valence-corrected chi connectivity index (χ2v) is 6.14. The highest BCUT2D eigenvalue weighted by Crippen LogP contribution is 2.29. The topological polar surface area (TPSA) is 65.4 Å². The molecule has 130 valence electrons. The van der Waals surface area contributed by atoms with Crippen molar-refractivity contribution < 1.29 is 14.3 Å². The van der Waals surface area contributed by atoms with Crippen LogP contribution in [-0.4, -0.2) is 29.7 Å².